The van der Waals surface area contributed by atoms with Gasteiger partial charge in [0, 0.05) is 13.1 Å². The average molecular weight is 185 g/mol. The first kappa shape index (κ1) is 11.0. The minimum absolute atomic E-state index is 0.0638. The maximum atomic E-state index is 10.5. The second-order valence-corrected chi connectivity index (χ2v) is 5.07. The van der Waals surface area contributed by atoms with E-state index in [1.54, 1.807) is 0 Å². The topological polar surface area (TPSA) is 23.5 Å². The van der Waals surface area contributed by atoms with Crippen molar-refractivity contribution >= 4 is 0 Å². The molecule has 0 amide bonds. The first-order valence-corrected chi connectivity index (χ1v) is 5.32. The lowest BCUT2D eigenvalue weighted by Crippen LogP contribution is -2.51. The zero-order valence-electron chi connectivity index (χ0n) is 9.43. The van der Waals surface area contributed by atoms with Crippen LogP contribution in [0.4, 0.5) is 0 Å². The molecule has 0 bridgehead atoms. The second kappa shape index (κ2) is 3.58. The van der Waals surface area contributed by atoms with Crippen LogP contribution in [0.1, 0.15) is 40.0 Å². The van der Waals surface area contributed by atoms with E-state index in [-0.39, 0.29) is 5.41 Å². The standard InChI is InChI=1S/C11H23NO/c1-5-10(2,3)11(13)6-8-12(4)9-7-11/h13H,5-9H2,1-4H3. The van der Waals surface area contributed by atoms with Crippen LogP contribution < -0.4 is 0 Å². The molecule has 0 atom stereocenters. The highest BCUT2D eigenvalue weighted by Gasteiger charge is 2.43. The number of hydrogen-bond acceptors (Lipinski definition) is 2. The number of likely N-dealkylation sites (tertiary alicyclic amines) is 1. The van der Waals surface area contributed by atoms with Gasteiger partial charge >= 0.3 is 0 Å². The third kappa shape index (κ3) is 2.05. The molecule has 0 aromatic heterocycles. The van der Waals surface area contributed by atoms with E-state index in [1.165, 1.54) is 0 Å². The Hall–Kier alpha value is -0.0800. The first-order chi connectivity index (χ1) is 5.91. The lowest BCUT2D eigenvalue weighted by atomic mass is 9.68. The predicted octanol–water partition coefficient (Wildman–Crippen LogP) is 1.88. The third-order valence-corrected chi connectivity index (χ3v) is 3.96. The smallest absolute Gasteiger partial charge is 0.0722 e. The summed E-state index contributed by atoms with van der Waals surface area (Å²) in [4.78, 5) is 2.29. The number of aliphatic hydroxyl groups is 1. The fourth-order valence-electron chi connectivity index (χ4n) is 1.99. The van der Waals surface area contributed by atoms with E-state index >= 15 is 0 Å². The molecule has 78 valence electrons. The van der Waals surface area contributed by atoms with E-state index in [9.17, 15) is 5.11 Å². The van der Waals surface area contributed by atoms with Crippen molar-refractivity contribution in [2.75, 3.05) is 20.1 Å². The minimum Gasteiger partial charge on any atom is -0.389 e. The summed E-state index contributed by atoms with van der Waals surface area (Å²) in [6.07, 6.45) is 2.89. The van der Waals surface area contributed by atoms with Crippen molar-refractivity contribution in [3.05, 3.63) is 0 Å². The zero-order valence-corrected chi connectivity index (χ0v) is 9.43. The Morgan fingerprint density at radius 1 is 1.31 bits per heavy atom. The van der Waals surface area contributed by atoms with Crippen LogP contribution in [-0.4, -0.2) is 35.7 Å². The molecule has 0 radical (unpaired) electrons. The Labute approximate surface area is 81.9 Å². The van der Waals surface area contributed by atoms with Crippen molar-refractivity contribution < 1.29 is 5.11 Å². The SMILES string of the molecule is CCC(C)(C)C1(O)CCN(C)CC1. The van der Waals surface area contributed by atoms with E-state index < -0.39 is 5.60 Å². The number of piperidine rings is 1. The molecule has 0 saturated carbocycles. The number of hydrogen-bond donors (Lipinski definition) is 1. The molecule has 0 aliphatic carbocycles. The van der Waals surface area contributed by atoms with Gasteiger partial charge in [-0.1, -0.05) is 20.8 Å². The first-order valence-electron chi connectivity index (χ1n) is 5.32. The van der Waals surface area contributed by atoms with Gasteiger partial charge in [0.05, 0.1) is 5.60 Å². The van der Waals surface area contributed by atoms with Crippen LogP contribution in [-0.2, 0) is 0 Å². The molecule has 2 heteroatoms. The van der Waals surface area contributed by atoms with Crippen LogP contribution in [0.5, 0.6) is 0 Å². The molecular formula is C11H23NO. The van der Waals surface area contributed by atoms with Gasteiger partial charge in [-0.15, -0.1) is 0 Å². The number of rotatable bonds is 2. The molecule has 2 nitrogen and oxygen atoms in total. The Bertz CT molecular complexity index is 169. The van der Waals surface area contributed by atoms with E-state index in [2.05, 4.69) is 32.7 Å². The van der Waals surface area contributed by atoms with Crippen LogP contribution in [0, 0.1) is 5.41 Å². The molecule has 1 saturated heterocycles. The lowest BCUT2D eigenvalue weighted by Gasteiger charge is -2.47. The van der Waals surface area contributed by atoms with Crippen molar-refractivity contribution in [1.29, 1.82) is 0 Å². The molecule has 1 fully saturated rings. The summed E-state index contributed by atoms with van der Waals surface area (Å²) in [5.74, 6) is 0. The Kier molecular flexibility index (Phi) is 3.03. The van der Waals surface area contributed by atoms with Crippen molar-refractivity contribution in [3.63, 3.8) is 0 Å². The van der Waals surface area contributed by atoms with Crippen molar-refractivity contribution in [1.82, 2.24) is 4.90 Å². The summed E-state index contributed by atoms with van der Waals surface area (Å²) >= 11 is 0. The molecule has 0 aromatic rings. The largest absolute Gasteiger partial charge is 0.389 e. The van der Waals surface area contributed by atoms with Gasteiger partial charge in [0.15, 0.2) is 0 Å². The Morgan fingerprint density at radius 2 is 1.77 bits per heavy atom. The van der Waals surface area contributed by atoms with Gasteiger partial charge in [-0.05, 0) is 31.7 Å². The Balaban J connectivity index is 2.66. The summed E-state index contributed by atoms with van der Waals surface area (Å²) < 4.78 is 0. The molecule has 13 heavy (non-hydrogen) atoms. The van der Waals surface area contributed by atoms with Crippen LogP contribution in [0.25, 0.3) is 0 Å². The zero-order chi connectivity index (χ0) is 10.1. The van der Waals surface area contributed by atoms with Gasteiger partial charge in [-0.3, -0.25) is 0 Å². The monoisotopic (exact) mass is 185 g/mol. The molecule has 1 aliphatic rings. The van der Waals surface area contributed by atoms with Crippen molar-refractivity contribution in [2.24, 2.45) is 5.41 Å². The van der Waals surface area contributed by atoms with Gasteiger partial charge in [0.2, 0.25) is 0 Å². The minimum atomic E-state index is -0.436. The van der Waals surface area contributed by atoms with E-state index in [0.29, 0.717) is 0 Å². The maximum Gasteiger partial charge on any atom is 0.0722 e. The normalized spacial score (nSPS) is 24.7. The molecule has 0 aromatic carbocycles. The lowest BCUT2D eigenvalue weighted by molar-refractivity contribution is -0.105. The maximum absolute atomic E-state index is 10.5. The summed E-state index contributed by atoms with van der Waals surface area (Å²) in [5.41, 5.74) is -0.372. The molecule has 1 rings (SSSR count). The van der Waals surface area contributed by atoms with Crippen LogP contribution in [0.3, 0.4) is 0 Å². The molecule has 0 unspecified atom stereocenters. The van der Waals surface area contributed by atoms with E-state index in [0.717, 1.165) is 32.4 Å². The highest BCUT2D eigenvalue weighted by atomic mass is 16.3. The molecule has 1 N–H and O–H groups in total. The fourth-order valence-corrected chi connectivity index (χ4v) is 1.99. The highest BCUT2D eigenvalue weighted by Crippen LogP contribution is 2.41. The summed E-state index contributed by atoms with van der Waals surface area (Å²) in [5, 5.41) is 10.5. The average Bonchev–Trinajstić information content (AvgIpc) is 2.10. The van der Waals surface area contributed by atoms with Crippen molar-refractivity contribution in [3.8, 4) is 0 Å². The summed E-state index contributed by atoms with van der Waals surface area (Å²) in [6.45, 7) is 8.58. The van der Waals surface area contributed by atoms with Gasteiger partial charge in [0.25, 0.3) is 0 Å². The van der Waals surface area contributed by atoms with Crippen LogP contribution >= 0.6 is 0 Å². The van der Waals surface area contributed by atoms with Crippen LogP contribution in [0.15, 0.2) is 0 Å². The molecule has 0 spiro atoms. The summed E-state index contributed by atoms with van der Waals surface area (Å²) in [7, 11) is 2.12. The Morgan fingerprint density at radius 3 is 2.15 bits per heavy atom. The van der Waals surface area contributed by atoms with Gasteiger partial charge < -0.3 is 10.0 Å². The predicted molar refractivity (Wildman–Crippen MR) is 55.8 cm³/mol. The quantitative estimate of drug-likeness (QED) is 0.710. The van der Waals surface area contributed by atoms with Gasteiger partial charge in [-0.2, -0.15) is 0 Å². The second-order valence-electron chi connectivity index (χ2n) is 5.07. The third-order valence-electron chi connectivity index (χ3n) is 3.96. The molecule has 1 heterocycles. The molecular weight excluding hydrogens is 162 g/mol. The fraction of sp³-hybridized carbons (Fsp3) is 1.00. The van der Waals surface area contributed by atoms with Crippen LogP contribution in [0.2, 0.25) is 0 Å². The van der Waals surface area contributed by atoms with E-state index in [4.69, 9.17) is 0 Å². The summed E-state index contributed by atoms with van der Waals surface area (Å²) in [6, 6.07) is 0. The van der Waals surface area contributed by atoms with Crippen molar-refractivity contribution in [2.45, 2.75) is 45.6 Å². The number of nitrogens with zero attached hydrogens (tertiary/aromatic N) is 1. The van der Waals surface area contributed by atoms with Gasteiger partial charge in [0.1, 0.15) is 0 Å². The molecule has 1 aliphatic heterocycles. The highest BCUT2D eigenvalue weighted by molar-refractivity contribution is 4.95. The van der Waals surface area contributed by atoms with Gasteiger partial charge in [-0.25, -0.2) is 0 Å². The van der Waals surface area contributed by atoms with E-state index in [1.807, 2.05) is 0 Å².